The zero-order valence-electron chi connectivity index (χ0n) is 17.9. The number of piperazine rings is 1. The van der Waals surface area contributed by atoms with Crippen LogP contribution in [0.3, 0.4) is 0 Å². The molecule has 0 aliphatic carbocycles. The minimum absolute atomic E-state index is 0.135. The number of pyridine rings is 1. The van der Waals surface area contributed by atoms with Crippen molar-refractivity contribution in [1.82, 2.24) is 19.8 Å². The summed E-state index contributed by atoms with van der Waals surface area (Å²) in [5.41, 5.74) is 4.34. The van der Waals surface area contributed by atoms with Crippen LogP contribution in [0.25, 0.3) is 10.2 Å². The summed E-state index contributed by atoms with van der Waals surface area (Å²) in [6, 6.07) is 11.2. The Labute approximate surface area is 187 Å². The van der Waals surface area contributed by atoms with Crippen LogP contribution in [0, 0.1) is 0 Å². The molecule has 31 heavy (non-hydrogen) atoms. The van der Waals surface area contributed by atoms with Gasteiger partial charge in [-0.3, -0.25) is 14.0 Å². The van der Waals surface area contributed by atoms with Crippen molar-refractivity contribution in [2.75, 3.05) is 32.4 Å². The van der Waals surface area contributed by atoms with E-state index in [0.717, 1.165) is 38.1 Å². The van der Waals surface area contributed by atoms with Crippen LogP contribution in [0.5, 0.6) is 5.88 Å². The Morgan fingerprint density at radius 1 is 1.23 bits per heavy atom. The van der Waals surface area contributed by atoms with Gasteiger partial charge < -0.3 is 4.74 Å². The van der Waals surface area contributed by atoms with Crippen molar-refractivity contribution in [2.45, 2.75) is 36.4 Å². The largest absolute Gasteiger partial charge is 0.473 e. The summed E-state index contributed by atoms with van der Waals surface area (Å²) in [6.07, 6.45) is 4.38. The highest BCUT2D eigenvalue weighted by molar-refractivity contribution is 7.99. The van der Waals surface area contributed by atoms with Crippen molar-refractivity contribution in [3.8, 4) is 5.88 Å². The van der Waals surface area contributed by atoms with Crippen LogP contribution in [0.15, 0.2) is 46.9 Å². The van der Waals surface area contributed by atoms with Gasteiger partial charge in [-0.15, -0.1) is 11.3 Å². The highest BCUT2D eigenvalue weighted by Crippen LogP contribution is 2.31. The van der Waals surface area contributed by atoms with E-state index in [1.807, 2.05) is 17.6 Å². The molecular formula is C23H28N4O2S2. The average molecular weight is 457 g/mol. The van der Waals surface area contributed by atoms with Gasteiger partial charge in [0.1, 0.15) is 6.10 Å². The van der Waals surface area contributed by atoms with Crippen LogP contribution in [0.4, 0.5) is 0 Å². The summed E-state index contributed by atoms with van der Waals surface area (Å²) in [4.78, 5) is 14.6. The van der Waals surface area contributed by atoms with Crippen LogP contribution >= 0.6 is 11.3 Å². The molecule has 0 radical (unpaired) electrons. The molecule has 164 valence electrons. The van der Waals surface area contributed by atoms with Gasteiger partial charge in [0.2, 0.25) is 5.88 Å². The monoisotopic (exact) mass is 456 g/mol. The molecule has 4 heterocycles. The predicted molar refractivity (Wildman–Crippen MR) is 128 cm³/mol. The molecule has 0 N–H and O–H groups in total. The quantitative estimate of drug-likeness (QED) is 0.549. The third-order valence-corrected chi connectivity index (χ3v) is 8.54. The Hall–Kier alpha value is -2.00. The van der Waals surface area contributed by atoms with Crippen LogP contribution in [-0.4, -0.2) is 74.4 Å². The second kappa shape index (κ2) is 8.16. The maximum atomic E-state index is 12.0. The lowest BCUT2D eigenvalue weighted by Crippen LogP contribution is -2.50. The lowest BCUT2D eigenvalue weighted by atomic mass is 10.0. The summed E-state index contributed by atoms with van der Waals surface area (Å²) in [7, 11) is -2.25. The number of ether oxygens (including phenoxy) is 1. The fraction of sp³-hybridized carbons (Fsp3) is 0.435. The van der Waals surface area contributed by atoms with Crippen LogP contribution in [0.1, 0.15) is 24.9 Å². The Morgan fingerprint density at radius 3 is 2.87 bits per heavy atom. The second-order valence-corrected chi connectivity index (χ2v) is 12.1. The van der Waals surface area contributed by atoms with E-state index in [1.54, 1.807) is 23.8 Å². The summed E-state index contributed by atoms with van der Waals surface area (Å²) in [5, 5.41) is 0. The summed E-state index contributed by atoms with van der Waals surface area (Å²) < 4.78 is 19.5. The van der Waals surface area contributed by atoms with E-state index >= 15 is 0 Å². The van der Waals surface area contributed by atoms with Gasteiger partial charge in [-0.1, -0.05) is 6.07 Å². The lowest BCUT2D eigenvalue weighted by molar-refractivity contribution is 0.0761. The molecule has 0 bridgehead atoms. The van der Waals surface area contributed by atoms with Crippen molar-refractivity contribution < 1.29 is 8.95 Å². The molecule has 0 spiro atoms. The maximum Gasteiger partial charge on any atom is 0.213 e. The molecule has 2 saturated heterocycles. The third kappa shape index (κ3) is 4.35. The topological polar surface area (TPSA) is 58.6 Å². The molecule has 6 nitrogen and oxygen atoms in total. The number of benzene rings is 1. The van der Waals surface area contributed by atoms with E-state index in [1.165, 1.54) is 10.3 Å². The van der Waals surface area contributed by atoms with E-state index < -0.39 is 9.52 Å². The minimum Gasteiger partial charge on any atom is -0.473 e. The molecule has 0 saturated carbocycles. The van der Waals surface area contributed by atoms with Crippen molar-refractivity contribution >= 4 is 36.9 Å². The van der Waals surface area contributed by atoms with Crippen LogP contribution < -0.4 is 4.74 Å². The number of nitrogens with zero attached hydrogens (tertiary/aromatic N) is 4. The van der Waals surface area contributed by atoms with Gasteiger partial charge in [0.25, 0.3) is 0 Å². The molecule has 0 amide bonds. The average Bonchev–Trinajstić information content (AvgIpc) is 3.38. The summed E-state index contributed by atoms with van der Waals surface area (Å²) in [5.74, 6) is 4.31. The number of rotatable bonds is 5. The van der Waals surface area contributed by atoms with Crippen molar-refractivity contribution in [3.05, 3.63) is 47.6 Å². The molecule has 4 atom stereocenters. The zero-order chi connectivity index (χ0) is 21.6. The maximum absolute atomic E-state index is 12.0. The molecule has 2 aromatic heterocycles. The number of hydrogen-bond donors (Lipinski definition) is 0. The van der Waals surface area contributed by atoms with E-state index in [4.69, 9.17) is 4.74 Å². The Balaban J connectivity index is 1.22. The fourth-order valence-electron chi connectivity index (χ4n) is 4.67. The molecule has 4 unspecified atom stereocenters. The first-order chi connectivity index (χ1) is 14.9. The summed E-state index contributed by atoms with van der Waals surface area (Å²) in [6.45, 7) is 6.38. The van der Waals surface area contributed by atoms with Gasteiger partial charge in [0.05, 0.1) is 15.7 Å². The van der Waals surface area contributed by atoms with Gasteiger partial charge in [-0.2, -0.15) is 0 Å². The smallest absolute Gasteiger partial charge is 0.213 e. The van der Waals surface area contributed by atoms with Crippen LogP contribution in [0.2, 0.25) is 0 Å². The van der Waals surface area contributed by atoms with Gasteiger partial charge in [-0.25, -0.2) is 9.97 Å². The van der Waals surface area contributed by atoms with Gasteiger partial charge in [-0.05, 0) is 46.1 Å². The molecular weight excluding hydrogens is 428 g/mol. The Kier molecular flexibility index (Phi) is 5.50. The molecule has 5 rings (SSSR count). The second-order valence-electron chi connectivity index (χ2n) is 8.71. The van der Waals surface area contributed by atoms with Crippen LogP contribution in [-0.2, 0) is 9.52 Å². The Bertz CT molecular complexity index is 1180. The highest BCUT2D eigenvalue weighted by atomic mass is 32.2. The van der Waals surface area contributed by atoms with E-state index in [0.29, 0.717) is 22.9 Å². The molecule has 3 aromatic rings. The minimum atomic E-state index is -2.25. The van der Waals surface area contributed by atoms with E-state index in [2.05, 4.69) is 50.8 Å². The summed E-state index contributed by atoms with van der Waals surface area (Å²) >= 11 is 1.69. The molecule has 1 aromatic carbocycles. The third-order valence-electron chi connectivity index (χ3n) is 6.49. The van der Waals surface area contributed by atoms with E-state index in [-0.39, 0.29) is 6.10 Å². The van der Waals surface area contributed by atoms with E-state index in [9.17, 15) is 4.21 Å². The number of fused-ring (bicyclic) bond motifs is 2. The first kappa shape index (κ1) is 20.9. The standard InChI is InChI=1S/C23H28N4O2S2/c1-16(17-4-6-22-21(10-17)25-15-30-22)26-8-9-27-14-19(11-18(27)13-26)29-23-7-5-20(12-24-23)31(2,3)28/h4-7,10,12,15-16,18-19H,2,8-9,11,13-14H2,1,3H3. The SMILES string of the molecule is C=S(C)(=O)c1ccc(OC2CC3CN(C(C)c4ccc5scnc5c4)CCN3C2)nc1. The Morgan fingerprint density at radius 2 is 2.10 bits per heavy atom. The number of hydrogen-bond acceptors (Lipinski definition) is 7. The first-order valence-corrected chi connectivity index (χ1v) is 13.6. The molecule has 2 aliphatic rings. The lowest BCUT2D eigenvalue weighted by Gasteiger charge is -2.40. The van der Waals surface area contributed by atoms with Gasteiger partial charge >= 0.3 is 0 Å². The van der Waals surface area contributed by atoms with Crippen molar-refractivity contribution in [2.24, 2.45) is 0 Å². The first-order valence-electron chi connectivity index (χ1n) is 10.6. The predicted octanol–water partition coefficient (Wildman–Crippen LogP) is 3.29. The van der Waals surface area contributed by atoms with Gasteiger partial charge in [0.15, 0.2) is 0 Å². The molecule has 2 fully saturated rings. The molecule has 8 heteroatoms. The number of aromatic nitrogens is 2. The number of thiazole rings is 1. The molecule has 2 aliphatic heterocycles. The van der Waals surface area contributed by atoms with Crippen molar-refractivity contribution in [3.63, 3.8) is 0 Å². The highest BCUT2D eigenvalue weighted by Gasteiger charge is 2.38. The zero-order valence-corrected chi connectivity index (χ0v) is 19.6. The fourth-order valence-corrected chi connectivity index (χ4v) is 5.96. The van der Waals surface area contributed by atoms with Gasteiger partial charge in [0, 0.05) is 68.1 Å². The van der Waals surface area contributed by atoms with Crippen molar-refractivity contribution in [1.29, 1.82) is 0 Å². The normalized spacial score (nSPS) is 25.2.